The summed E-state index contributed by atoms with van der Waals surface area (Å²) >= 11 is 0. The van der Waals surface area contributed by atoms with Gasteiger partial charge in [-0.05, 0) is 43.1 Å². The molecule has 1 aliphatic rings. The first-order valence-corrected chi connectivity index (χ1v) is 7.53. The summed E-state index contributed by atoms with van der Waals surface area (Å²) in [5, 5.41) is 3.41. The summed E-state index contributed by atoms with van der Waals surface area (Å²) in [5.74, 6) is 1.64. The van der Waals surface area contributed by atoms with Gasteiger partial charge in [0.1, 0.15) is 6.61 Å². The van der Waals surface area contributed by atoms with Gasteiger partial charge in [0, 0.05) is 6.04 Å². The van der Waals surface area contributed by atoms with Crippen LogP contribution in [0.25, 0.3) is 0 Å². The van der Waals surface area contributed by atoms with Crippen LogP contribution in [0.15, 0.2) is 48.5 Å². The van der Waals surface area contributed by atoms with Crippen molar-refractivity contribution in [2.75, 3.05) is 13.2 Å². The molecule has 2 aromatic rings. The Kier molecular flexibility index (Phi) is 4.41. The normalized spacial score (nSPS) is 17.1. The standard InChI is InChI=1S/C18H21NO2/c1-2-20-18-12-15(16-10-11-19-16)8-9-17(18)21-13-14-6-4-3-5-7-14/h3-9,12,16,19H,2,10-11,13H2,1H3/t16-/m0/s1. The largest absolute Gasteiger partial charge is 0.490 e. The maximum Gasteiger partial charge on any atom is 0.161 e. The fraction of sp³-hybridized carbons (Fsp3) is 0.333. The zero-order chi connectivity index (χ0) is 14.5. The molecule has 0 spiro atoms. The molecule has 3 rings (SSSR count). The Bertz CT molecular complexity index is 579. The summed E-state index contributed by atoms with van der Waals surface area (Å²) in [6, 6.07) is 16.9. The number of ether oxygens (including phenoxy) is 2. The number of rotatable bonds is 6. The van der Waals surface area contributed by atoms with Crippen LogP contribution in [0.1, 0.15) is 30.5 Å². The Hall–Kier alpha value is -2.00. The average Bonchev–Trinajstić information content (AvgIpc) is 2.46. The predicted molar refractivity (Wildman–Crippen MR) is 83.7 cm³/mol. The highest BCUT2D eigenvalue weighted by Gasteiger charge is 2.20. The van der Waals surface area contributed by atoms with E-state index >= 15 is 0 Å². The molecule has 2 aromatic carbocycles. The summed E-state index contributed by atoms with van der Waals surface area (Å²) in [7, 11) is 0. The average molecular weight is 283 g/mol. The number of benzene rings is 2. The highest BCUT2D eigenvalue weighted by molar-refractivity contribution is 5.44. The molecule has 21 heavy (non-hydrogen) atoms. The quantitative estimate of drug-likeness (QED) is 0.877. The highest BCUT2D eigenvalue weighted by Crippen LogP contribution is 2.33. The van der Waals surface area contributed by atoms with Gasteiger partial charge in [0.2, 0.25) is 0 Å². The van der Waals surface area contributed by atoms with Gasteiger partial charge in [-0.15, -0.1) is 0 Å². The molecular weight excluding hydrogens is 262 g/mol. The van der Waals surface area contributed by atoms with Crippen LogP contribution in [0, 0.1) is 0 Å². The lowest BCUT2D eigenvalue weighted by Crippen LogP contribution is -2.34. The summed E-state index contributed by atoms with van der Waals surface area (Å²) in [5.41, 5.74) is 2.43. The van der Waals surface area contributed by atoms with Crippen molar-refractivity contribution in [3.8, 4) is 11.5 Å². The predicted octanol–water partition coefficient (Wildman–Crippen LogP) is 3.70. The molecule has 1 saturated heterocycles. The first-order chi connectivity index (χ1) is 10.4. The first-order valence-electron chi connectivity index (χ1n) is 7.53. The number of nitrogens with one attached hydrogen (secondary N) is 1. The monoisotopic (exact) mass is 283 g/mol. The van der Waals surface area contributed by atoms with Gasteiger partial charge < -0.3 is 14.8 Å². The van der Waals surface area contributed by atoms with Gasteiger partial charge in [0.15, 0.2) is 11.5 Å². The molecule has 0 aromatic heterocycles. The van der Waals surface area contributed by atoms with Crippen LogP contribution in [-0.2, 0) is 6.61 Å². The fourth-order valence-corrected chi connectivity index (χ4v) is 2.44. The van der Waals surface area contributed by atoms with E-state index in [9.17, 15) is 0 Å². The van der Waals surface area contributed by atoms with Crippen LogP contribution in [0.5, 0.6) is 11.5 Å². The Morgan fingerprint density at radius 2 is 1.86 bits per heavy atom. The Labute approximate surface area is 125 Å². The molecule has 0 bridgehead atoms. The lowest BCUT2D eigenvalue weighted by Gasteiger charge is -2.28. The van der Waals surface area contributed by atoms with E-state index in [1.807, 2.05) is 31.2 Å². The van der Waals surface area contributed by atoms with E-state index in [1.54, 1.807) is 0 Å². The molecule has 0 amide bonds. The second-order valence-corrected chi connectivity index (χ2v) is 5.21. The third-order valence-electron chi connectivity index (χ3n) is 3.73. The Balaban J connectivity index is 1.73. The molecule has 110 valence electrons. The van der Waals surface area contributed by atoms with E-state index in [-0.39, 0.29) is 0 Å². The SMILES string of the molecule is CCOc1cc([C@@H]2CCN2)ccc1OCc1ccccc1. The molecule has 0 unspecified atom stereocenters. The molecule has 1 atom stereocenters. The molecule has 1 N–H and O–H groups in total. The van der Waals surface area contributed by atoms with E-state index in [0.29, 0.717) is 19.3 Å². The van der Waals surface area contributed by atoms with Gasteiger partial charge in [-0.2, -0.15) is 0 Å². The van der Waals surface area contributed by atoms with E-state index in [4.69, 9.17) is 9.47 Å². The maximum atomic E-state index is 5.92. The van der Waals surface area contributed by atoms with Crippen molar-refractivity contribution >= 4 is 0 Å². The molecule has 1 fully saturated rings. The van der Waals surface area contributed by atoms with Crippen molar-refractivity contribution in [3.63, 3.8) is 0 Å². The van der Waals surface area contributed by atoms with Crippen molar-refractivity contribution < 1.29 is 9.47 Å². The van der Waals surface area contributed by atoms with Crippen molar-refractivity contribution in [2.45, 2.75) is 26.0 Å². The Morgan fingerprint density at radius 3 is 2.52 bits per heavy atom. The number of hydrogen-bond acceptors (Lipinski definition) is 3. The first kappa shape index (κ1) is 14.0. The minimum Gasteiger partial charge on any atom is -0.490 e. The van der Waals surface area contributed by atoms with Crippen LogP contribution in [0.3, 0.4) is 0 Å². The Morgan fingerprint density at radius 1 is 1.05 bits per heavy atom. The second kappa shape index (κ2) is 6.64. The van der Waals surface area contributed by atoms with Gasteiger partial charge >= 0.3 is 0 Å². The van der Waals surface area contributed by atoms with E-state index < -0.39 is 0 Å². The van der Waals surface area contributed by atoms with Crippen molar-refractivity contribution in [3.05, 3.63) is 59.7 Å². The zero-order valence-corrected chi connectivity index (χ0v) is 12.3. The van der Waals surface area contributed by atoms with Gasteiger partial charge in [-0.25, -0.2) is 0 Å². The molecule has 0 saturated carbocycles. The van der Waals surface area contributed by atoms with Crippen LogP contribution in [-0.4, -0.2) is 13.2 Å². The summed E-state index contributed by atoms with van der Waals surface area (Å²) in [4.78, 5) is 0. The molecule has 0 radical (unpaired) electrons. The topological polar surface area (TPSA) is 30.5 Å². The van der Waals surface area contributed by atoms with Gasteiger partial charge in [0.05, 0.1) is 6.61 Å². The van der Waals surface area contributed by atoms with E-state index in [2.05, 4.69) is 29.6 Å². The molecular formula is C18H21NO2. The summed E-state index contributed by atoms with van der Waals surface area (Å²) in [6.45, 7) is 4.29. The van der Waals surface area contributed by atoms with Crippen molar-refractivity contribution in [2.24, 2.45) is 0 Å². The van der Waals surface area contributed by atoms with Crippen LogP contribution >= 0.6 is 0 Å². The van der Waals surface area contributed by atoms with Gasteiger partial charge in [-0.3, -0.25) is 0 Å². The molecule has 0 aliphatic carbocycles. The van der Waals surface area contributed by atoms with E-state index in [0.717, 1.165) is 23.6 Å². The molecule has 1 aliphatic heterocycles. The van der Waals surface area contributed by atoms with Crippen molar-refractivity contribution in [1.82, 2.24) is 5.32 Å². The second-order valence-electron chi connectivity index (χ2n) is 5.21. The van der Waals surface area contributed by atoms with Gasteiger partial charge in [-0.1, -0.05) is 36.4 Å². The van der Waals surface area contributed by atoms with Gasteiger partial charge in [0.25, 0.3) is 0 Å². The van der Waals surface area contributed by atoms with E-state index in [1.165, 1.54) is 12.0 Å². The summed E-state index contributed by atoms with van der Waals surface area (Å²) in [6.07, 6.45) is 1.19. The third-order valence-corrected chi connectivity index (χ3v) is 3.73. The smallest absolute Gasteiger partial charge is 0.161 e. The highest BCUT2D eigenvalue weighted by atomic mass is 16.5. The lowest BCUT2D eigenvalue weighted by molar-refractivity contribution is 0.268. The fourth-order valence-electron chi connectivity index (χ4n) is 2.44. The van der Waals surface area contributed by atoms with Crippen molar-refractivity contribution in [1.29, 1.82) is 0 Å². The number of hydrogen-bond donors (Lipinski definition) is 1. The van der Waals surface area contributed by atoms with Crippen LogP contribution in [0.4, 0.5) is 0 Å². The van der Waals surface area contributed by atoms with Crippen LogP contribution < -0.4 is 14.8 Å². The third kappa shape index (κ3) is 3.37. The minimum absolute atomic E-state index is 0.465. The lowest BCUT2D eigenvalue weighted by atomic mass is 9.98. The maximum absolute atomic E-state index is 5.92. The zero-order valence-electron chi connectivity index (χ0n) is 12.3. The molecule has 3 nitrogen and oxygen atoms in total. The molecule has 1 heterocycles. The minimum atomic E-state index is 0.465. The summed E-state index contributed by atoms with van der Waals surface area (Å²) < 4.78 is 11.6. The molecule has 3 heteroatoms. The van der Waals surface area contributed by atoms with Crippen LogP contribution in [0.2, 0.25) is 0 Å².